The SMILES string of the molecule is Cc1cc(C)n(-c2cncc(NC(C)c3cccc(OC(F)F)c3)n2)n1. The Morgan fingerprint density at radius 2 is 1.96 bits per heavy atom. The molecule has 2 aromatic heterocycles. The van der Waals surface area contributed by atoms with Gasteiger partial charge in [0, 0.05) is 5.69 Å². The number of aryl methyl sites for hydroxylation is 2. The Balaban J connectivity index is 1.79. The topological polar surface area (TPSA) is 64.9 Å². The highest BCUT2D eigenvalue weighted by Gasteiger charge is 2.11. The van der Waals surface area contributed by atoms with Crippen molar-refractivity contribution in [1.82, 2.24) is 19.7 Å². The van der Waals surface area contributed by atoms with Crippen LogP contribution in [0.2, 0.25) is 0 Å². The number of alkyl halides is 2. The maximum atomic E-state index is 12.4. The summed E-state index contributed by atoms with van der Waals surface area (Å²) < 4.78 is 30.9. The van der Waals surface area contributed by atoms with Crippen molar-refractivity contribution in [2.45, 2.75) is 33.4 Å². The van der Waals surface area contributed by atoms with Gasteiger partial charge in [0.05, 0.1) is 24.1 Å². The number of benzene rings is 1. The van der Waals surface area contributed by atoms with Crippen LogP contribution >= 0.6 is 0 Å². The first-order valence-electron chi connectivity index (χ1n) is 8.09. The molecule has 0 saturated carbocycles. The highest BCUT2D eigenvalue weighted by Crippen LogP contribution is 2.23. The summed E-state index contributed by atoms with van der Waals surface area (Å²) in [6.45, 7) is 2.91. The van der Waals surface area contributed by atoms with Gasteiger partial charge in [-0.15, -0.1) is 0 Å². The molecular formula is C18H19F2N5O. The Labute approximate surface area is 149 Å². The molecule has 0 bridgehead atoms. The van der Waals surface area contributed by atoms with Gasteiger partial charge in [-0.05, 0) is 44.5 Å². The van der Waals surface area contributed by atoms with Gasteiger partial charge in [-0.1, -0.05) is 12.1 Å². The van der Waals surface area contributed by atoms with Gasteiger partial charge in [-0.25, -0.2) is 9.67 Å². The van der Waals surface area contributed by atoms with E-state index < -0.39 is 6.61 Å². The van der Waals surface area contributed by atoms with Gasteiger partial charge in [0.2, 0.25) is 0 Å². The number of ether oxygens (including phenoxy) is 1. The third kappa shape index (κ3) is 4.14. The molecule has 2 heterocycles. The summed E-state index contributed by atoms with van der Waals surface area (Å²) in [5, 5.41) is 7.61. The van der Waals surface area contributed by atoms with Crippen LogP contribution in [-0.4, -0.2) is 26.4 Å². The third-order valence-corrected chi connectivity index (χ3v) is 3.80. The molecule has 1 atom stereocenters. The van der Waals surface area contributed by atoms with Crippen molar-refractivity contribution in [3.8, 4) is 11.6 Å². The summed E-state index contributed by atoms with van der Waals surface area (Å²) >= 11 is 0. The lowest BCUT2D eigenvalue weighted by atomic mass is 10.1. The van der Waals surface area contributed by atoms with Crippen molar-refractivity contribution < 1.29 is 13.5 Å². The van der Waals surface area contributed by atoms with E-state index in [1.54, 1.807) is 29.2 Å². The zero-order valence-corrected chi connectivity index (χ0v) is 14.6. The second-order valence-corrected chi connectivity index (χ2v) is 5.92. The number of hydrogen-bond acceptors (Lipinski definition) is 5. The van der Waals surface area contributed by atoms with E-state index in [1.165, 1.54) is 6.07 Å². The van der Waals surface area contributed by atoms with Crippen molar-refractivity contribution in [3.05, 3.63) is 59.7 Å². The third-order valence-electron chi connectivity index (χ3n) is 3.80. The van der Waals surface area contributed by atoms with Crippen LogP contribution in [0.25, 0.3) is 5.82 Å². The fourth-order valence-electron chi connectivity index (χ4n) is 2.65. The first-order valence-corrected chi connectivity index (χ1v) is 8.09. The van der Waals surface area contributed by atoms with Crippen LogP contribution in [0.1, 0.15) is 29.9 Å². The minimum Gasteiger partial charge on any atom is -0.435 e. The molecule has 6 nitrogen and oxygen atoms in total. The molecule has 0 radical (unpaired) electrons. The minimum atomic E-state index is -2.85. The Morgan fingerprint density at radius 1 is 1.15 bits per heavy atom. The van der Waals surface area contributed by atoms with E-state index in [4.69, 9.17) is 0 Å². The van der Waals surface area contributed by atoms with Gasteiger partial charge in [0.25, 0.3) is 0 Å². The van der Waals surface area contributed by atoms with Crippen LogP contribution in [0.3, 0.4) is 0 Å². The molecule has 1 aromatic carbocycles. The van der Waals surface area contributed by atoms with Crippen LogP contribution in [-0.2, 0) is 0 Å². The number of hydrogen-bond donors (Lipinski definition) is 1. The predicted octanol–water partition coefficient (Wildman–Crippen LogP) is 4.05. The number of nitrogens with zero attached hydrogens (tertiary/aromatic N) is 4. The second kappa shape index (κ2) is 7.47. The maximum absolute atomic E-state index is 12.4. The van der Waals surface area contributed by atoms with Crippen LogP contribution in [0.4, 0.5) is 14.6 Å². The van der Waals surface area contributed by atoms with Crippen LogP contribution in [0.5, 0.6) is 5.75 Å². The number of nitrogens with one attached hydrogen (secondary N) is 1. The molecule has 3 aromatic rings. The molecular weight excluding hydrogens is 340 g/mol. The van der Waals surface area contributed by atoms with Gasteiger partial charge in [0.15, 0.2) is 5.82 Å². The molecule has 1 N–H and O–H groups in total. The Kier molecular flexibility index (Phi) is 5.11. The van der Waals surface area contributed by atoms with E-state index in [2.05, 4.69) is 25.1 Å². The quantitative estimate of drug-likeness (QED) is 0.719. The lowest BCUT2D eigenvalue weighted by molar-refractivity contribution is -0.0498. The summed E-state index contributed by atoms with van der Waals surface area (Å²) in [5.41, 5.74) is 2.65. The molecule has 8 heteroatoms. The molecule has 1 unspecified atom stereocenters. The summed E-state index contributed by atoms with van der Waals surface area (Å²) in [5.74, 6) is 1.28. The van der Waals surface area contributed by atoms with Gasteiger partial charge in [-0.2, -0.15) is 13.9 Å². The largest absolute Gasteiger partial charge is 0.435 e. The fraction of sp³-hybridized carbons (Fsp3) is 0.278. The predicted molar refractivity (Wildman–Crippen MR) is 93.7 cm³/mol. The van der Waals surface area contributed by atoms with Crippen molar-refractivity contribution in [2.24, 2.45) is 0 Å². The van der Waals surface area contributed by atoms with Crippen molar-refractivity contribution in [1.29, 1.82) is 0 Å². The minimum absolute atomic E-state index is 0.119. The number of rotatable bonds is 6. The van der Waals surface area contributed by atoms with E-state index >= 15 is 0 Å². The number of aromatic nitrogens is 4. The van der Waals surface area contributed by atoms with Crippen molar-refractivity contribution in [2.75, 3.05) is 5.32 Å². The van der Waals surface area contributed by atoms with Crippen molar-refractivity contribution in [3.63, 3.8) is 0 Å². The summed E-state index contributed by atoms with van der Waals surface area (Å²) in [6, 6.07) is 8.34. The van der Waals surface area contributed by atoms with E-state index in [1.807, 2.05) is 32.9 Å². The van der Waals surface area contributed by atoms with Crippen molar-refractivity contribution >= 4 is 5.82 Å². The van der Waals surface area contributed by atoms with Gasteiger partial charge in [0.1, 0.15) is 11.6 Å². The lowest BCUT2D eigenvalue weighted by Crippen LogP contribution is -2.11. The van der Waals surface area contributed by atoms with Crippen LogP contribution in [0.15, 0.2) is 42.7 Å². The van der Waals surface area contributed by atoms with E-state index in [0.717, 1.165) is 17.0 Å². The summed E-state index contributed by atoms with van der Waals surface area (Å²) in [7, 11) is 0. The summed E-state index contributed by atoms with van der Waals surface area (Å²) in [4.78, 5) is 8.73. The van der Waals surface area contributed by atoms with Gasteiger partial charge in [-0.3, -0.25) is 4.98 Å². The van der Waals surface area contributed by atoms with Gasteiger partial charge >= 0.3 is 6.61 Å². The van der Waals surface area contributed by atoms with Crippen LogP contribution < -0.4 is 10.1 Å². The van der Waals surface area contributed by atoms with E-state index in [-0.39, 0.29) is 11.8 Å². The first kappa shape index (κ1) is 17.8. The molecule has 0 aliphatic heterocycles. The molecule has 0 spiro atoms. The lowest BCUT2D eigenvalue weighted by Gasteiger charge is -2.16. The highest BCUT2D eigenvalue weighted by atomic mass is 19.3. The molecule has 0 aliphatic carbocycles. The Morgan fingerprint density at radius 3 is 2.65 bits per heavy atom. The summed E-state index contributed by atoms with van der Waals surface area (Å²) in [6.07, 6.45) is 3.23. The average molecular weight is 359 g/mol. The van der Waals surface area contributed by atoms with Gasteiger partial charge < -0.3 is 10.1 Å². The molecule has 0 saturated heterocycles. The Hall–Kier alpha value is -3.03. The van der Waals surface area contributed by atoms with E-state index in [9.17, 15) is 8.78 Å². The zero-order chi connectivity index (χ0) is 18.7. The molecule has 0 amide bonds. The molecule has 26 heavy (non-hydrogen) atoms. The standard InChI is InChI=1S/C18H19F2N5O/c1-11-7-12(2)25(24-11)17-10-21-9-16(23-17)22-13(3)14-5-4-6-15(8-14)26-18(19)20/h4-10,13,18H,1-3H3,(H,22,23). The molecule has 3 rings (SSSR count). The number of halogens is 2. The number of anilines is 1. The highest BCUT2D eigenvalue weighted by molar-refractivity contribution is 5.41. The molecule has 136 valence electrons. The second-order valence-electron chi connectivity index (χ2n) is 5.92. The fourth-order valence-corrected chi connectivity index (χ4v) is 2.65. The van der Waals surface area contributed by atoms with Crippen LogP contribution in [0, 0.1) is 13.8 Å². The maximum Gasteiger partial charge on any atom is 0.387 e. The molecule has 0 aliphatic rings. The van der Waals surface area contributed by atoms with E-state index in [0.29, 0.717) is 11.6 Å². The molecule has 0 fully saturated rings. The normalized spacial score (nSPS) is 12.2. The monoisotopic (exact) mass is 359 g/mol. The zero-order valence-electron chi connectivity index (χ0n) is 14.6. The first-order chi connectivity index (χ1) is 12.4. The Bertz CT molecular complexity index is 897. The smallest absolute Gasteiger partial charge is 0.387 e. The average Bonchev–Trinajstić information content (AvgIpc) is 2.93.